The molecular weight excluding hydrogens is 294 g/mol. The summed E-state index contributed by atoms with van der Waals surface area (Å²) in [5, 5.41) is 11.5. The van der Waals surface area contributed by atoms with Gasteiger partial charge in [-0.1, -0.05) is 12.1 Å². The van der Waals surface area contributed by atoms with E-state index >= 15 is 0 Å². The topological polar surface area (TPSA) is 111 Å². The highest BCUT2D eigenvalue weighted by atomic mass is 16.6. The molecule has 0 aliphatic rings. The number of carbonyl (C=O) groups is 3. The molecule has 1 aromatic carbocycles. The van der Waals surface area contributed by atoms with Crippen LogP contribution in [0.15, 0.2) is 24.3 Å². The average Bonchev–Trinajstić information content (AvgIpc) is 2.52. The van der Waals surface area contributed by atoms with E-state index in [1.54, 1.807) is 12.1 Å². The maximum Gasteiger partial charge on any atom is 0.331 e. The van der Waals surface area contributed by atoms with E-state index in [0.717, 1.165) is 0 Å². The summed E-state index contributed by atoms with van der Waals surface area (Å²) < 4.78 is 14.1. The molecule has 0 saturated heterocycles. The second kappa shape index (κ2) is 8.63. The highest BCUT2D eigenvalue weighted by Crippen LogP contribution is 2.17. The van der Waals surface area contributed by atoms with Crippen LogP contribution >= 0.6 is 0 Å². The largest absolute Gasteiger partial charge is 0.497 e. The minimum atomic E-state index is -1.22. The number of ether oxygens (including phenoxy) is 3. The standard InChI is InChI=1S/C14H17NO7/c1-20-10-5-3-9(4-6-10)13(14(18)19)15-11(16)7-22-8-12(17)21-2/h3-6,13H,7-8H2,1-2H3,(H,15,16)(H,18,19). The van der Waals surface area contributed by atoms with Gasteiger partial charge in [0.15, 0.2) is 6.04 Å². The lowest BCUT2D eigenvalue weighted by Gasteiger charge is -2.15. The lowest BCUT2D eigenvalue weighted by Crippen LogP contribution is -2.36. The molecule has 0 bridgehead atoms. The Morgan fingerprint density at radius 2 is 1.77 bits per heavy atom. The molecule has 1 atom stereocenters. The molecule has 0 spiro atoms. The number of nitrogens with one attached hydrogen (secondary N) is 1. The summed E-state index contributed by atoms with van der Waals surface area (Å²) in [6.45, 7) is -0.834. The van der Waals surface area contributed by atoms with E-state index in [2.05, 4.69) is 10.1 Å². The lowest BCUT2D eigenvalue weighted by atomic mass is 10.1. The van der Waals surface area contributed by atoms with Gasteiger partial charge in [-0.3, -0.25) is 4.79 Å². The van der Waals surface area contributed by atoms with E-state index in [4.69, 9.17) is 9.47 Å². The highest BCUT2D eigenvalue weighted by Gasteiger charge is 2.22. The zero-order valence-electron chi connectivity index (χ0n) is 12.2. The van der Waals surface area contributed by atoms with Crippen molar-refractivity contribution in [3.8, 4) is 5.75 Å². The molecule has 22 heavy (non-hydrogen) atoms. The van der Waals surface area contributed by atoms with Crippen LogP contribution in [0.3, 0.4) is 0 Å². The van der Waals surface area contributed by atoms with E-state index in [-0.39, 0.29) is 6.61 Å². The van der Waals surface area contributed by atoms with Gasteiger partial charge in [0.05, 0.1) is 14.2 Å². The summed E-state index contributed by atoms with van der Waals surface area (Å²) in [5.74, 6) is -1.93. The van der Waals surface area contributed by atoms with E-state index < -0.39 is 30.5 Å². The quantitative estimate of drug-likeness (QED) is 0.656. The third-order valence-corrected chi connectivity index (χ3v) is 2.68. The summed E-state index contributed by atoms with van der Waals surface area (Å²) in [4.78, 5) is 33.7. The first-order chi connectivity index (χ1) is 10.5. The molecule has 0 aromatic heterocycles. The van der Waals surface area contributed by atoms with Gasteiger partial charge in [-0.25, -0.2) is 9.59 Å². The van der Waals surface area contributed by atoms with Crippen molar-refractivity contribution in [3.05, 3.63) is 29.8 Å². The maximum absolute atomic E-state index is 11.6. The van der Waals surface area contributed by atoms with Crippen LogP contribution in [-0.4, -0.2) is 50.4 Å². The van der Waals surface area contributed by atoms with Gasteiger partial charge in [0.2, 0.25) is 5.91 Å². The van der Waals surface area contributed by atoms with Crippen LogP contribution in [0.2, 0.25) is 0 Å². The van der Waals surface area contributed by atoms with Gasteiger partial charge >= 0.3 is 11.9 Å². The molecule has 8 heteroatoms. The molecule has 0 aliphatic heterocycles. The molecule has 1 unspecified atom stereocenters. The molecule has 0 heterocycles. The molecule has 0 fully saturated rings. The first-order valence-electron chi connectivity index (χ1n) is 6.28. The average molecular weight is 311 g/mol. The van der Waals surface area contributed by atoms with E-state index in [1.165, 1.54) is 26.4 Å². The smallest absolute Gasteiger partial charge is 0.331 e. The normalized spacial score (nSPS) is 11.4. The van der Waals surface area contributed by atoms with E-state index in [0.29, 0.717) is 11.3 Å². The summed E-state index contributed by atoms with van der Waals surface area (Å²) >= 11 is 0. The number of methoxy groups -OCH3 is 2. The molecule has 1 amide bonds. The minimum Gasteiger partial charge on any atom is -0.497 e. The zero-order valence-corrected chi connectivity index (χ0v) is 12.2. The number of esters is 1. The van der Waals surface area contributed by atoms with Crippen LogP contribution in [0.25, 0.3) is 0 Å². The van der Waals surface area contributed by atoms with Crippen molar-refractivity contribution in [2.75, 3.05) is 27.4 Å². The molecule has 0 saturated carbocycles. The van der Waals surface area contributed by atoms with Crippen LogP contribution in [0.4, 0.5) is 0 Å². The van der Waals surface area contributed by atoms with Crippen LogP contribution in [-0.2, 0) is 23.9 Å². The number of carboxylic acid groups (broad SMARTS) is 1. The first-order valence-corrected chi connectivity index (χ1v) is 6.28. The Morgan fingerprint density at radius 3 is 2.27 bits per heavy atom. The summed E-state index contributed by atoms with van der Waals surface area (Å²) in [5.41, 5.74) is 0.384. The second-order valence-corrected chi connectivity index (χ2v) is 4.18. The second-order valence-electron chi connectivity index (χ2n) is 4.18. The third kappa shape index (κ3) is 5.41. The van der Waals surface area contributed by atoms with Gasteiger partial charge in [-0.2, -0.15) is 0 Å². The lowest BCUT2D eigenvalue weighted by molar-refractivity contribution is -0.148. The molecule has 120 valence electrons. The monoisotopic (exact) mass is 311 g/mol. The van der Waals surface area contributed by atoms with Crippen molar-refractivity contribution in [1.29, 1.82) is 0 Å². The Morgan fingerprint density at radius 1 is 1.14 bits per heavy atom. The number of aliphatic carboxylic acids is 1. The van der Waals surface area contributed by atoms with Gasteiger partial charge in [0, 0.05) is 0 Å². The molecule has 0 aliphatic carbocycles. The molecule has 8 nitrogen and oxygen atoms in total. The fourth-order valence-corrected chi connectivity index (χ4v) is 1.57. The Bertz CT molecular complexity index is 526. The summed E-state index contributed by atoms with van der Waals surface area (Å²) in [6, 6.07) is 5.02. The van der Waals surface area contributed by atoms with Crippen molar-refractivity contribution in [2.24, 2.45) is 0 Å². The van der Waals surface area contributed by atoms with Crippen molar-refractivity contribution in [1.82, 2.24) is 5.32 Å². The van der Waals surface area contributed by atoms with E-state index in [1.807, 2.05) is 0 Å². The zero-order chi connectivity index (χ0) is 16.5. The third-order valence-electron chi connectivity index (χ3n) is 2.68. The number of hydrogen-bond donors (Lipinski definition) is 2. The molecular formula is C14H17NO7. The number of hydrogen-bond acceptors (Lipinski definition) is 6. The number of amides is 1. The van der Waals surface area contributed by atoms with Crippen LogP contribution in [0.5, 0.6) is 5.75 Å². The number of carboxylic acids is 1. The van der Waals surface area contributed by atoms with Crippen molar-refractivity contribution >= 4 is 17.8 Å². The number of rotatable bonds is 8. The summed E-state index contributed by atoms with van der Waals surface area (Å²) in [7, 11) is 2.68. The maximum atomic E-state index is 11.6. The predicted octanol–water partition coefficient (Wildman–Crippen LogP) is 0.127. The van der Waals surface area contributed by atoms with Crippen molar-refractivity contribution in [3.63, 3.8) is 0 Å². The van der Waals surface area contributed by atoms with Crippen LogP contribution in [0, 0.1) is 0 Å². The van der Waals surface area contributed by atoms with Gasteiger partial charge in [-0.15, -0.1) is 0 Å². The van der Waals surface area contributed by atoms with E-state index in [9.17, 15) is 19.5 Å². The van der Waals surface area contributed by atoms with Gasteiger partial charge in [-0.05, 0) is 17.7 Å². The fourth-order valence-electron chi connectivity index (χ4n) is 1.57. The molecule has 1 rings (SSSR count). The van der Waals surface area contributed by atoms with Crippen LogP contribution < -0.4 is 10.1 Å². The summed E-state index contributed by atoms with van der Waals surface area (Å²) in [6.07, 6.45) is 0. The van der Waals surface area contributed by atoms with Crippen LogP contribution in [0.1, 0.15) is 11.6 Å². The molecule has 2 N–H and O–H groups in total. The fraction of sp³-hybridized carbons (Fsp3) is 0.357. The van der Waals surface area contributed by atoms with Crippen molar-refractivity contribution in [2.45, 2.75) is 6.04 Å². The minimum absolute atomic E-state index is 0.384. The Hall–Kier alpha value is -2.61. The van der Waals surface area contributed by atoms with Gasteiger partial charge in [0.25, 0.3) is 0 Å². The Labute approximate surface area is 127 Å². The number of carbonyl (C=O) groups excluding carboxylic acids is 2. The Balaban J connectivity index is 2.61. The molecule has 1 aromatic rings. The molecule has 0 radical (unpaired) electrons. The first kappa shape index (κ1) is 17.4. The van der Waals surface area contributed by atoms with Crippen molar-refractivity contribution < 1.29 is 33.7 Å². The van der Waals surface area contributed by atoms with Gasteiger partial charge in [0.1, 0.15) is 19.0 Å². The highest BCUT2D eigenvalue weighted by molar-refractivity contribution is 5.85. The van der Waals surface area contributed by atoms with Gasteiger partial charge < -0.3 is 24.6 Å². The number of benzene rings is 1. The Kier molecular flexibility index (Phi) is 6.84. The SMILES string of the molecule is COC(=O)COCC(=O)NC(C(=O)O)c1ccc(OC)cc1. The predicted molar refractivity (Wildman–Crippen MR) is 74.3 cm³/mol.